The van der Waals surface area contributed by atoms with E-state index in [9.17, 15) is 14.0 Å². The Labute approximate surface area is 149 Å². The van der Waals surface area contributed by atoms with Gasteiger partial charge in [-0.2, -0.15) is 0 Å². The van der Waals surface area contributed by atoms with Gasteiger partial charge in [-0.15, -0.1) is 0 Å². The molecule has 1 atom stereocenters. The molecule has 0 aliphatic rings. The first-order valence-electron chi connectivity index (χ1n) is 8.18. The van der Waals surface area contributed by atoms with E-state index >= 15 is 0 Å². The molecule has 0 aliphatic heterocycles. The fourth-order valence-electron chi connectivity index (χ4n) is 2.61. The van der Waals surface area contributed by atoms with E-state index in [4.69, 9.17) is 0 Å². The quantitative estimate of drug-likeness (QED) is 0.738. The topological polar surface area (TPSA) is 78.1 Å². The van der Waals surface area contributed by atoms with Crippen LogP contribution in [0.3, 0.4) is 0 Å². The normalized spacial score (nSPS) is 12.3. The minimum Gasteiger partial charge on any atom is -0.325 e. The maximum absolute atomic E-state index is 12.9. The number of aromatic amines is 1. The molecule has 1 heterocycles. The van der Waals surface area contributed by atoms with Crippen molar-refractivity contribution >= 4 is 22.5 Å². The van der Waals surface area contributed by atoms with Crippen LogP contribution in [0.15, 0.2) is 53.3 Å². The Kier molecular flexibility index (Phi) is 5.09. The predicted molar refractivity (Wildman–Crippen MR) is 98.4 cm³/mol. The van der Waals surface area contributed by atoms with Gasteiger partial charge in [0.25, 0.3) is 5.56 Å². The number of fused-ring (bicyclic) bond motifs is 1. The number of hydrogen-bond donors (Lipinski definition) is 2. The first-order valence-corrected chi connectivity index (χ1v) is 8.18. The fraction of sp³-hybridized carbons (Fsp3) is 0.211. The summed E-state index contributed by atoms with van der Waals surface area (Å²) in [4.78, 5) is 33.4. The number of nitrogens with zero attached hydrogens (tertiary/aromatic N) is 2. The molecule has 0 spiro atoms. The number of carbonyl (C=O) groups excluding carboxylic acids is 1. The number of anilines is 1. The van der Waals surface area contributed by atoms with Gasteiger partial charge in [-0.3, -0.25) is 14.5 Å². The summed E-state index contributed by atoms with van der Waals surface area (Å²) in [6.45, 7) is 1.95. The van der Waals surface area contributed by atoms with Crippen LogP contribution in [-0.2, 0) is 4.79 Å². The molecule has 6 nitrogen and oxygen atoms in total. The number of carbonyl (C=O) groups is 1. The summed E-state index contributed by atoms with van der Waals surface area (Å²) in [7, 11) is 1.77. The van der Waals surface area contributed by atoms with Gasteiger partial charge in [0.15, 0.2) is 0 Å². The zero-order valence-corrected chi connectivity index (χ0v) is 14.5. The minimum atomic E-state index is -0.361. The molecular weight excluding hydrogens is 335 g/mol. The van der Waals surface area contributed by atoms with Crippen LogP contribution in [0.2, 0.25) is 0 Å². The third kappa shape index (κ3) is 3.94. The lowest BCUT2D eigenvalue weighted by atomic mass is 10.2. The molecule has 3 aromatic rings. The highest BCUT2D eigenvalue weighted by molar-refractivity contribution is 5.92. The van der Waals surface area contributed by atoms with Gasteiger partial charge in [-0.1, -0.05) is 12.1 Å². The molecule has 1 aromatic heterocycles. The zero-order valence-electron chi connectivity index (χ0n) is 14.5. The van der Waals surface area contributed by atoms with Crippen LogP contribution in [0.1, 0.15) is 18.8 Å². The van der Waals surface area contributed by atoms with E-state index in [2.05, 4.69) is 15.3 Å². The number of rotatable bonds is 5. The van der Waals surface area contributed by atoms with Gasteiger partial charge < -0.3 is 10.3 Å². The second kappa shape index (κ2) is 7.45. The smallest absolute Gasteiger partial charge is 0.258 e. The standard InChI is InChI=1S/C19H19FN4O2/c1-12(18-22-16-6-4-3-5-15(16)19(26)23-18)24(2)11-17(25)21-14-9-7-13(20)8-10-14/h3-10,12H,11H2,1-2H3,(H,21,25)(H,22,23,26)/t12-/m1/s1. The molecule has 0 fully saturated rings. The van der Waals surface area contributed by atoms with Gasteiger partial charge in [0, 0.05) is 5.69 Å². The van der Waals surface area contributed by atoms with E-state index in [1.807, 2.05) is 13.0 Å². The van der Waals surface area contributed by atoms with Crippen molar-refractivity contribution in [3.63, 3.8) is 0 Å². The van der Waals surface area contributed by atoms with Gasteiger partial charge in [-0.05, 0) is 50.4 Å². The highest BCUT2D eigenvalue weighted by atomic mass is 19.1. The van der Waals surface area contributed by atoms with Crippen LogP contribution < -0.4 is 10.9 Å². The van der Waals surface area contributed by atoms with E-state index in [0.29, 0.717) is 22.4 Å². The molecular formula is C19H19FN4O2. The lowest BCUT2D eigenvalue weighted by Gasteiger charge is -2.23. The van der Waals surface area contributed by atoms with Crippen molar-refractivity contribution in [1.29, 1.82) is 0 Å². The third-order valence-electron chi connectivity index (χ3n) is 4.21. The van der Waals surface area contributed by atoms with E-state index < -0.39 is 0 Å². The molecule has 0 saturated carbocycles. The fourth-order valence-corrected chi connectivity index (χ4v) is 2.61. The molecule has 7 heteroatoms. The van der Waals surface area contributed by atoms with Crippen LogP contribution in [0.25, 0.3) is 10.9 Å². The average molecular weight is 354 g/mol. The number of H-pyrrole nitrogens is 1. The maximum atomic E-state index is 12.9. The monoisotopic (exact) mass is 354 g/mol. The summed E-state index contributed by atoms with van der Waals surface area (Å²) >= 11 is 0. The summed E-state index contributed by atoms with van der Waals surface area (Å²) < 4.78 is 12.9. The number of hydrogen-bond acceptors (Lipinski definition) is 4. The largest absolute Gasteiger partial charge is 0.325 e. The SMILES string of the molecule is C[C@H](c1nc2ccccc2c(=O)[nH]1)N(C)CC(=O)Nc1ccc(F)cc1. The summed E-state index contributed by atoms with van der Waals surface area (Å²) in [5.41, 5.74) is 0.929. The summed E-state index contributed by atoms with van der Waals surface area (Å²) in [5.74, 6) is -0.111. The van der Waals surface area contributed by atoms with E-state index in [1.165, 1.54) is 24.3 Å². The van der Waals surface area contributed by atoms with Gasteiger partial charge >= 0.3 is 0 Å². The van der Waals surface area contributed by atoms with Crippen LogP contribution in [0, 0.1) is 5.82 Å². The molecule has 0 aliphatic carbocycles. The van der Waals surface area contributed by atoms with Crippen molar-refractivity contribution in [2.75, 3.05) is 18.9 Å². The molecule has 0 unspecified atom stereocenters. The second-order valence-electron chi connectivity index (χ2n) is 6.11. The number of amides is 1. The lowest BCUT2D eigenvalue weighted by molar-refractivity contribution is -0.117. The Morgan fingerprint density at radius 2 is 1.92 bits per heavy atom. The predicted octanol–water partition coefficient (Wildman–Crippen LogP) is 2.69. The molecule has 2 aromatic carbocycles. The molecule has 0 radical (unpaired) electrons. The maximum Gasteiger partial charge on any atom is 0.258 e. The van der Waals surface area contributed by atoms with Crippen LogP contribution in [-0.4, -0.2) is 34.4 Å². The number of benzene rings is 2. The zero-order chi connectivity index (χ0) is 18.7. The molecule has 2 N–H and O–H groups in total. The second-order valence-corrected chi connectivity index (χ2v) is 6.11. The lowest BCUT2D eigenvalue weighted by Crippen LogP contribution is -2.33. The van der Waals surface area contributed by atoms with Crippen LogP contribution in [0.4, 0.5) is 10.1 Å². The van der Waals surface area contributed by atoms with E-state index in [-0.39, 0.29) is 29.9 Å². The highest BCUT2D eigenvalue weighted by Gasteiger charge is 2.18. The molecule has 0 bridgehead atoms. The molecule has 3 rings (SSSR count). The summed E-state index contributed by atoms with van der Waals surface area (Å²) in [5, 5.41) is 3.24. The van der Waals surface area contributed by atoms with E-state index in [1.54, 1.807) is 30.1 Å². The van der Waals surface area contributed by atoms with Crippen molar-refractivity contribution in [3.8, 4) is 0 Å². The number of halogens is 1. The van der Waals surface area contributed by atoms with Crippen molar-refractivity contribution in [3.05, 3.63) is 70.5 Å². The number of para-hydroxylation sites is 1. The number of nitrogens with one attached hydrogen (secondary N) is 2. The first kappa shape index (κ1) is 17.8. The van der Waals surface area contributed by atoms with Crippen molar-refractivity contribution in [2.24, 2.45) is 0 Å². The Morgan fingerprint density at radius 3 is 2.65 bits per heavy atom. The third-order valence-corrected chi connectivity index (χ3v) is 4.21. The Balaban J connectivity index is 1.71. The van der Waals surface area contributed by atoms with Crippen LogP contribution in [0.5, 0.6) is 0 Å². The van der Waals surface area contributed by atoms with Gasteiger partial charge in [0.2, 0.25) is 5.91 Å². The molecule has 1 amide bonds. The van der Waals surface area contributed by atoms with Crippen molar-refractivity contribution in [1.82, 2.24) is 14.9 Å². The number of likely N-dealkylation sites (N-methyl/N-ethyl adjacent to an activating group) is 1. The van der Waals surface area contributed by atoms with Crippen molar-refractivity contribution in [2.45, 2.75) is 13.0 Å². The van der Waals surface area contributed by atoms with Gasteiger partial charge in [-0.25, -0.2) is 9.37 Å². The Morgan fingerprint density at radius 1 is 1.23 bits per heavy atom. The Bertz CT molecular complexity index is 985. The number of aromatic nitrogens is 2. The van der Waals surface area contributed by atoms with Gasteiger partial charge in [0.05, 0.1) is 23.5 Å². The summed E-state index contributed by atoms with van der Waals surface area (Å²) in [6, 6.07) is 12.4. The molecule has 0 saturated heterocycles. The van der Waals surface area contributed by atoms with Gasteiger partial charge in [0.1, 0.15) is 11.6 Å². The summed E-state index contributed by atoms with van der Waals surface area (Å²) in [6.07, 6.45) is 0. The first-order chi connectivity index (χ1) is 12.4. The van der Waals surface area contributed by atoms with Crippen molar-refractivity contribution < 1.29 is 9.18 Å². The van der Waals surface area contributed by atoms with E-state index in [0.717, 1.165) is 0 Å². The minimum absolute atomic E-state index is 0.0923. The average Bonchev–Trinajstić information content (AvgIpc) is 2.63. The Hall–Kier alpha value is -3.06. The highest BCUT2D eigenvalue weighted by Crippen LogP contribution is 2.16. The van der Waals surface area contributed by atoms with Crippen LogP contribution >= 0.6 is 0 Å². The molecule has 26 heavy (non-hydrogen) atoms. The molecule has 134 valence electrons.